The predicted octanol–water partition coefficient (Wildman–Crippen LogP) is 2.46. The summed E-state index contributed by atoms with van der Waals surface area (Å²) in [5, 5.41) is 11.7. The molecule has 1 unspecified atom stereocenters. The molecule has 72 valence electrons. The topological polar surface area (TPSA) is 49.3 Å². The molecule has 0 aliphatic heterocycles. The molecule has 0 saturated carbocycles. The highest BCUT2D eigenvalue weighted by Gasteiger charge is 2.22. The highest BCUT2D eigenvalue weighted by Crippen LogP contribution is 2.24. The van der Waals surface area contributed by atoms with Gasteiger partial charge in [0, 0.05) is 11.9 Å². The van der Waals surface area contributed by atoms with Gasteiger partial charge < -0.3 is 10.4 Å². The Bertz CT molecular complexity index is 152. The van der Waals surface area contributed by atoms with E-state index in [0.29, 0.717) is 6.54 Å². The average Bonchev–Trinajstić information content (AvgIpc) is 2.02. The molecule has 0 radical (unpaired) electrons. The maximum Gasteiger partial charge on any atom is 0.404 e. The summed E-state index contributed by atoms with van der Waals surface area (Å²) < 4.78 is 0. The van der Waals surface area contributed by atoms with Gasteiger partial charge in [-0.25, -0.2) is 4.79 Å². The maximum absolute atomic E-state index is 10.2. The molecule has 12 heavy (non-hydrogen) atoms. The van der Waals surface area contributed by atoms with E-state index in [1.807, 2.05) is 0 Å². The highest BCUT2D eigenvalue weighted by molar-refractivity contribution is 9.09. The standard InChI is InChI=1S/C8H16BrNO2/c1-3-4-8(2,5-9)6-10-7(11)12/h10H,3-6H2,1-2H3,(H,11,12). The largest absolute Gasteiger partial charge is 0.465 e. The lowest BCUT2D eigenvalue weighted by Crippen LogP contribution is -2.35. The number of hydrogen-bond acceptors (Lipinski definition) is 1. The number of halogens is 1. The van der Waals surface area contributed by atoms with Crippen LogP contribution in [0, 0.1) is 5.41 Å². The number of carbonyl (C=O) groups is 1. The predicted molar refractivity (Wildman–Crippen MR) is 52.8 cm³/mol. The van der Waals surface area contributed by atoms with Crippen LogP contribution in [0.1, 0.15) is 26.7 Å². The summed E-state index contributed by atoms with van der Waals surface area (Å²) >= 11 is 3.39. The second kappa shape index (κ2) is 5.41. The summed E-state index contributed by atoms with van der Waals surface area (Å²) in [6.45, 7) is 4.68. The molecule has 0 fully saturated rings. The van der Waals surface area contributed by atoms with Gasteiger partial charge >= 0.3 is 6.09 Å². The lowest BCUT2D eigenvalue weighted by Gasteiger charge is -2.26. The van der Waals surface area contributed by atoms with E-state index >= 15 is 0 Å². The van der Waals surface area contributed by atoms with Gasteiger partial charge in [-0.1, -0.05) is 36.2 Å². The summed E-state index contributed by atoms with van der Waals surface area (Å²) in [7, 11) is 0. The van der Waals surface area contributed by atoms with Crippen LogP contribution in [-0.2, 0) is 0 Å². The molecular formula is C8H16BrNO2. The Hall–Kier alpha value is -0.250. The minimum atomic E-state index is -0.946. The monoisotopic (exact) mass is 237 g/mol. The third kappa shape index (κ3) is 4.59. The first-order chi connectivity index (χ1) is 5.54. The van der Waals surface area contributed by atoms with E-state index in [-0.39, 0.29) is 5.41 Å². The zero-order valence-corrected chi connectivity index (χ0v) is 9.15. The molecule has 0 aromatic carbocycles. The lowest BCUT2D eigenvalue weighted by atomic mass is 9.88. The summed E-state index contributed by atoms with van der Waals surface area (Å²) in [5.41, 5.74) is 0.0488. The SMILES string of the molecule is CCCC(C)(CBr)CNC(=O)O. The van der Waals surface area contributed by atoms with Crippen LogP contribution in [0.15, 0.2) is 0 Å². The molecule has 0 rings (SSSR count). The van der Waals surface area contributed by atoms with Crippen molar-refractivity contribution >= 4 is 22.0 Å². The van der Waals surface area contributed by atoms with Crippen molar-refractivity contribution in [1.82, 2.24) is 5.32 Å². The van der Waals surface area contributed by atoms with E-state index in [2.05, 4.69) is 35.1 Å². The molecule has 4 heteroatoms. The fraction of sp³-hybridized carbons (Fsp3) is 0.875. The van der Waals surface area contributed by atoms with Crippen LogP contribution >= 0.6 is 15.9 Å². The molecule has 3 nitrogen and oxygen atoms in total. The third-order valence-corrected chi connectivity index (χ3v) is 3.20. The van der Waals surface area contributed by atoms with E-state index < -0.39 is 6.09 Å². The first-order valence-electron chi connectivity index (χ1n) is 4.07. The number of amides is 1. The third-order valence-electron chi connectivity index (χ3n) is 1.84. The smallest absolute Gasteiger partial charge is 0.404 e. The van der Waals surface area contributed by atoms with Gasteiger partial charge in [-0.05, 0) is 11.8 Å². The molecular weight excluding hydrogens is 222 g/mol. The van der Waals surface area contributed by atoms with Crippen molar-refractivity contribution in [1.29, 1.82) is 0 Å². The van der Waals surface area contributed by atoms with Gasteiger partial charge in [0.2, 0.25) is 0 Å². The molecule has 0 bridgehead atoms. The van der Waals surface area contributed by atoms with Crippen molar-refractivity contribution in [2.45, 2.75) is 26.7 Å². The van der Waals surface area contributed by atoms with E-state index in [9.17, 15) is 4.79 Å². The lowest BCUT2D eigenvalue weighted by molar-refractivity contribution is 0.187. The zero-order chi connectivity index (χ0) is 9.61. The van der Waals surface area contributed by atoms with Crippen molar-refractivity contribution in [2.24, 2.45) is 5.41 Å². The first-order valence-corrected chi connectivity index (χ1v) is 5.19. The Morgan fingerprint density at radius 3 is 2.58 bits per heavy atom. The minimum Gasteiger partial charge on any atom is -0.465 e. The van der Waals surface area contributed by atoms with E-state index in [1.165, 1.54) is 0 Å². The number of alkyl halides is 1. The minimum absolute atomic E-state index is 0.0488. The number of rotatable bonds is 5. The van der Waals surface area contributed by atoms with Gasteiger partial charge in [0.05, 0.1) is 0 Å². The molecule has 0 saturated heterocycles. The van der Waals surface area contributed by atoms with Crippen LogP contribution < -0.4 is 5.32 Å². The molecule has 0 aliphatic carbocycles. The Morgan fingerprint density at radius 2 is 2.25 bits per heavy atom. The molecule has 1 amide bonds. The maximum atomic E-state index is 10.2. The Morgan fingerprint density at radius 1 is 1.67 bits per heavy atom. The average molecular weight is 238 g/mol. The number of carboxylic acid groups (broad SMARTS) is 1. The van der Waals surface area contributed by atoms with E-state index in [1.54, 1.807) is 0 Å². The van der Waals surface area contributed by atoms with Gasteiger partial charge in [-0.3, -0.25) is 0 Å². The Kier molecular flexibility index (Phi) is 5.29. The van der Waals surface area contributed by atoms with Gasteiger partial charge in [0.25, 0.3) is 0 Å². The molecule has 1 atom stereocenters. The van der Waals surface area contributed by atoms with Gasteiger partial charge in [-0.15, -0.1) is 0 Å². The fourth-order valence-corrected chi connectivity index (χ4v) is 1.57. The highest BCUT2D eigenvalue weighted by atomic mass is 79.9. The summed E-state index contributed by atoms with van der Waals surface area (Å²) in [6.07, 6.45) is 1.15. The van der Waals surface area contributed by atoms with Crippen molar-refractivity contribution in [2.75, 3.05) is 11.9 Å². The van der Waals surface area contributed by atoms with Crippen LogP contribution in [0.2, 0.25) is 0 Å². The quantitative estimate of drug-likeness (QED) is 0.723. The van der Waals surface area contributed by atoms with Crippen LogP contribution in [0.4, 0.5) is 4.79 Å². The van der Waals surface area contributed by atoms with Crippen molar-refractivity contribution in [3.8, 4) is 0 Å². The number of nitrogens with one attached hydrogen (secondary N) is 1. The van der Waals surface area contributed by atoms with Crippen LogP contribution in [0.25, 0.3) is 0 Å². The molecule has 0 spiro atoms. The van der Waals surface area contributed by atoms with Crippen LogP contribution in [0.5, 0.6) is 0 Å². The molecule has 0 aliphatic rings. The summed E-state index contributed by atoms with van der Waals surface area (Å²) in [6, 6.07) is 0. The summed E-state index contributed by atoms with van der Waals surface area (Å²) in [5.74, 6) is 0. The van der Waals surface area contributed by atoms with Crippen molar-refractivity contribution in [3.63, 3.8) is 0 Å². The van der Waals surface area contributed by atoms with Crippen molar-refractivity contribution < 1.29 is 9.90 Å². The molecule has 2 N–H and O–H groups in total. The molecule has 0 aromatic rings. The fourth-order valence-electron chi connectivity index (χ4n) is 1.10. The van der Waals surface area contributed by atoms with E-state index in [0.717, 1.165) is 18.2 Å². The van der Waals surface area contributed by atoms with Crippen LogP contribution in [-0.4, -0.2) is 23.1 Å². The van der Waals surface area contributed by atoms with Gasteiger partial charge in [0.15, 0.2) is 0 Å². The normalized spacial score (nSPS) is 15.2. The molecule has 0 heterocycles. The van der Waals surface area contributed by atoms with Crippen LogP contribution in [0.3, 0.4) is 0 Å². The van der Waals surface area contributed by atoms with Gasteiger partial charge in [-0.2, -0.15) is 0 Å². The second-order valence-corrected chi connectivity index (χ2v) is 3.91. The molecule has 0 aromatic heterocycles. The van der Waals surface area contributed by atoms with Gasteiger partial charge in [0.1, 0.15) is 0 Å². The Balaban J connectivity index is 3.86. The summed E-state index contributed by atoms with van der Waals surface area (Å²) in [4.78, 5) is 10.2. The van der Waals surface area contributed by atoms with E-state index in [4.69, 9.17) is 5.11 Å². The first kappa shape index (κ1) is 11.8. The second-order valence-electron chi connectivity index (χ2n) is 3.35. The van der Waals surface area contributed by atoms with Crippen molar-refractivity contribution in [3.05, 3.63) is 0 Å². The number of hydrogen-bond donors (Lipinski definition) is 2. The Labute approximate surface area is 81.7 Å². The zero-order valence-electron chi connectivity index (χ0n) is 7.56.